The highest BCUT2D eigenvalue weighted by Gasteiger charge is 2.57. The monoisotopic (exact) mass is 579 g/mol. The summed E-state index contributed by atoms with van der Waals surface area (Å²) in [6, 6.07) is 10.5. The molecule has 1 aliphatic carbocycles. The van der Waals surface area contributed by atoms with Crippen molar-refractivity contribution in [2.45, 2.75) is 53.5 Å². The highest BCUT2D eigenvalue weighted by atomic mass is 32.2. The molecular weight excluding hydrogens is 548 g/mol. The van der Waals surface area contributed by atoms with E-state index in [0.29, 0.717) is 33.8 Å². The van der Waals surface area contributed by atoms with Crippen LogP contribution in [0.5, 0.6) is 11.5 Å². The van der Waals surface area contributed by atoms with Gasteiger partial charge in [-0.25, -0.2) is 8.78 Å². The zero-order chi connectivity index (χ0) is 29.1. The third-order valence-corrected chi connectivity index (χ3v) is 9.75. The average Bonchev–Trinajstić information content (AvgIpc) is 3.36. The summed E-state index contributed by atoms with van der Waals surface area (Å²) in [6.07, 6.45) is 1.84. The molecule has 3 aliphatic rings. The number of nitrogens with one attached hydrogen (secondary N) is 2. The number of para-hydroxylation sites is 1. The number of amides is 1. The summed E-state index contributed by atoms with van der Waals surface area (Å²) in [4.78, 5) is 28.3. The maximum Gasteiger partial charge on any atom is 0.234 e. The lowest BCUT2D eigenvalue weighted by atomic mass is 9.64. The Kier molecular flexibility index (Phi) is 7.01. The van der Waals surface area contributed by atoms with E-state index in [2.05, 4.69) is 10.6 Å². The zero-order valence-corrected chi connectivity index (χ0v) is 23.2. The number of Topliss-reactive ketones (excluding diaryl/α,β-unsaturated/α-hetero) is 1. The van der Waals surface area contributed by atoms with E-state index in [1.165, 1.54) is 23.9 Å². The van der Waals surface area contributed by atoms with Crippen LogP contribution in [0.15, 0.2) is 53.4 Å². The lowest BCUT2D eigenvalue weighted by Gasteiger charge is -2.42. The van der Waals surface area contributed by atoms with Gasteiger partial charge < -0.3 is 32.6 Å². The molecule has 3 aromatic rings. The van der Waals surface area contributed by atoms with Gasteiger partial charge >= 0.3 is 0 Å². The molecule has 1 amide bonds. The Morgan fingerprint density at radius 1 is 1.15 bits per heavy atom. The van der Waals surface area contributed by atoms with Gasteiger partial charge in [0.15, 0.2) is 23.2 Å². The molecule has 8 nitrogen and oxygen atoms in total. The van der Waals surface area contributed by atoms with Gasteiger partial charge in [0.2, 0.25) is 5.91 Å². The topological polar surface area (TPSA) is 145 Å². The minimum atomic E-state index is -1.64. The van der Waals surface area contributed by atoms with Crippen LogP contribution in [0.1, 0.15) is 41.0 Å². The number of piperidine rings is 1. The van der Waals surface area contributed by atoms with Crippen LogP contribution < -0.4 is 32.6 Å². The van der Waals surface area contributed by atoms with Crippen molar-refractivity contribution in [1.82, 2.24) is 10.6 Å². The number of anilines is 1. The molecule has 11 heteroatoms. The van der Waals surface area contributed by atoms with Crippen LogP contribution in [0.3, 0.4) is 0 Å². The molecule has 0 bridgehead atoms. The lowest BCUT2D eigenvalue weighted by molar-refractivity contribution is -0.126. The van der Waals surface area contributed by atoms with E-state index in [-0.39, 0.29) is 17.7 Å². The summed E-state index contributed by atoms with van der Waals surface area (Å²) in [5, 5.41) is 5.78. The van der Waals surface area contributed by atoms with Gasteiger partial charge in [-0.3, -0.25) is 9.59 Å². The molecule has 214 valence electrons. The first-order chi connectivity index (χ1) is 19.6. The van der Waals surface area contributed by atoms with Crippen LogP contribution in [0, 0.1) is 18.6 Å². The molecule has 8 N–H and O–H groups in total. The van der Waals surface area contributed by atoms with E-state index < -0.39 is 45.9 Å². The molecule has 0 aromatic heterocycles. The normalized spacial score (nSPS) is 26.9. The maximum atomic E-state index is 14.2. The first-order valence-corrected chi connectivity index (χ1v) is 14.4. The number of nitrogen functional groups attached to an aromatic ring is 1. The predicted molar refractivity (Wildman–Crippen MR) is 153 cm³/mol. The minimum Gasteiger partial charge on any atom is -0.451 e. The summed E-state index contributed by atoms with van der Waals surface area (Å²) in [6.45, 7) is 3.34. The number of nitrogens with two attached hydrogens (primary N) is 3. The minimum absolute atomic E-state index is 0.00251. The van der Waals surface area contributed by atoms with E-state index in [9.17, 15) is 18.4 Å². The predicted octanol–water partition coefficient (Wildman–Crippen LogP) is 3.19. The van der Waals surface area contributed by atoms with Gasteiger partial charge in [0.25, 0.3) is 0 Å². The van der Waals surface area contributed by atoms with Gasteiger partial charge in [0, 0.05) is 29.1 Å². The molecule has 0 saturated carbocycles. The molecule has 3 aromatic carbocycles. The molecule has 5 atom stereocenters. The number of ether oxygens (including phenoxy) is 1. The number of hydrogen-bond donors (Lipinski definition) is 5. The number of carbonyl (C=O) groups is 2. The Morgan fingerprint density at radius 3 is 2.56 bits per heavy atom. The van der Waals surface area contributed by atoms with Crippen molar-refractivity contribution in [3.05, 3.63) is 82.4 Å². The summed E-state index contributed by atoms with van der Waals surface area (Å²) >= 11 is 1.32. The fourth-order valence-electron chi connectivity index (χ4n) is 6.29. The molecule has 6 rings (SSSR count). The summed E-state index contributed by atoms with van der Waals surface area (Å²) in [5.41, 5.74) is 21.2. The Labute approximate surface area is 240 Å². The molecule has 5 unspecified atom stereocenters. The molecule has 41 heavy (non-hydrogen) atoms. The maximum absolute atomic E-state index is 14.2. The van der Waals surface area contributed by atoms with E-state index in [1.807, 2.05) is 0 Å². The fraction of sp³-hybridized carbons (Fsp3) is 0.333. The van der Waals surface area contributed by atoms with Crippen LogP contribution in [-0.2, 0) is 15.1 Å². The Bertz CT molecular complexity index is 1540. The van der Waals surface area contributed by atoms with E-state index in [4.69, 9.17) is 21.9 Å². The third-order valence-electron chi connectivity index (χ3n) is 8.30. The van der Waals surface area contributed by atoms with E-state index in [0.717, 1.165) is 37.1 Å². The Balaban J connectivity index is 1.37. The highest BCUT2D eigenvalue weighted by molar-refractivity contribution is 8.01. The summed E-state index contributed by atoms with van der Waals surface area (Å²) in [5.74, 6) is -3.23. The highest BCUT2D eigenvalue weighted by Crippen LogP contribution is 2.56. The second-order valence-electron chi connectivity index (χ2n) is 10.9. The van der Waals surface area contributed by atoms with Gasteiger partial charge in [-0.1, -0.05) is 18.2 Å². The first-order valence-electron chi connectivity index (χ1n) is 13.5. The summed E-state index contributed by atoms with van der Waals surface area (Å²) in [7, 11) is 0. The smallest absolute Gasteiger partial charge is 0.234 e. The quantitative estimate of drug-likeness (QED) is 0.290. The van der Waals surface area contributed by atoms with Crippen LogP contribution in [0.2, 0.25) is 0 Å². The van der Waals surface area contributed by atoms with Crippen LogP contribution >= 0.6 is 11.8 Å². The van der Waals surface area contributed by atoms with Crippen molar-refractivity contribution in [2.75, 3.05) is 18.8 Å². The van der Waals surface area contributed by atoms with Crippen LogP contribution in [0.25, 0.3) is 0 Å². The number of carbonyl (C=O) groups excluding carboxylic acids is 2. The Hall–Kier alpha value is -3.51. The SMILES string of the molecule is Cc1cc(Oc2c(F)cccc2F)ccc1C1(N)C(=O)C(N)C2c3c1ccc(N)c3SC2C(=O)NC1CCCNC1. The van der Waals surface area contributed by atoms with Gasteiger partial charge in [-0.05, 0) is 78.9 Å². The standard InChI is InChI=1S/C30H31F2N5O3S/c1-14-12-16(40-25-19(31)5-2-6-20(25)32)7-8-17(14)30(35)18-9-10-21(33)26-22(18)23(24(34)28(30)38)27(41-26)29(39)37-15-4-3-11-36-13-15/h2,5-10,12,15,23-24,27,36H,3-4,11,13,33-35H2,1H3,(H,37,39). The number of benzene rings is 3. The van der Waals surface area contributed by atoms with E-state index >= 15 is 0 Å². The number of hydrogen-bond acceptors (Lipinski definition) is 8. The average molecular weight is 580 g/mol. The molecule has 0 spiro atoms. The molecule has 2 heterocycles. The molecule has 1 saturated heterocycles. The largest absolute Gasteiger partial charge is 0.451 e. The van der Waals surface area contributed by atoms with E-state index in [1.54, 1.807) is 31.2 Å². The second kappa shape index (κ2) is 10.4. The van der Waals surface area contributed by atoms with Gasteiger partial charge in [-0.2, -0.15) is 0 Å². The van der Waals surface area contributed by atoms with Crippen molar-refractivity contribution in [3.63, 3.8) is 0 Å². The molecule has 0 radical (unpaired) electrons. The van der Waals surface area contributed by atoms with Crippen molar-refractivity contribution in [1.29, 1.82) is 0 Å². The number of rotatable bonds is 5. The second-order valence-corrected chi connectivity index (χ2v) is 12.0. The molecule has 2 aliphatic heterocycles. The van der Waals surface area contributed by atoms with Crippen molar-refractivity contribution in [2.24, 2.45) is 11.5 Å². The Morgan fingerprint density at radius 2 is 1.88 bits per heavy atom. The fourth-order valence-corrected chi connectivity index (χ4v) is 7.75. The number of thioether (sulfide) groups is 1. The third kappa shape index (κ3) is 4.47. The van der Waals surface area contributed by atoms with Crippen molar-refractivity contribution < 1.29 is 23.1 Å². The molecular formula is C30H31F2N5O3S. The number of aryl methyl sites for hydroxylation is 1. The summed E-state index contributed by atoms with van der Waals surface area (Å²) < 4.78 is 33.9. The van der Waals surface area contributed by atoms with Gasteiger partial charge in [0.1, 0.15) is 11.3 Å². The number of ketones is 1. The van der Waals surface area contributed by atoms with Gasteiger partial charge in [0.05, 0.1) is 11.3 Å². The van der Waals surface area contributed by atoms with Crippen molar-refractivity contribution >= 4 is 29.1 Å². The zero-order valence-electron chi connectivity index (χ0n) is 22.4. The number of halogens is 2. The van der Waals surface area contributed by atoms with Crippen molar-refractivity contribution in [3.8, 4) is 11.5 Å². The molecule has 1 fully saturated rings. The first kappa shape index (κ1) is 27.6. The van der Waals surface area contributed by atoms with Crippen LogP contribution in [0.4, 0.5) is 14.5 Å². The lowest BCUT2D eigenvalue weighted by Crippen LogP contribution is -2.61. The van der Waals surface area contributed by atoms with Crippen LogP contribution in [-0.4, -0.2) is 42.1 Å². The van der Waals surface area contributed by atoms with Gasteiger partial charge in [-0.15, -0.1) is 11.8 Å².